The second-order valence-electron chi connectivity index (χ2n) is 8.45. The predicted molar refractivity (Wildman–Crippen MR) is 108 cm³/mol. The lowest BCUT2D eigenvalue weighted by Gasteiger charge is -2.40. The van der Waals surface area contributed by atoms with E-state index >= 15 is 0 Å². The van der Waals surface area contributed by atoms with Crippen molar-refractivity contribution in [1.82, 2.24) is 19.6 Å². The van der Waals surface area contributed by atoms with Crippen LogP contribution in [0.5, 0.6) is 0 Å². The van der Waals surface area contributed by atoms with E-state index in [1.165, 1.54) is 26.2 Å². The van der Waals surface area contributed by atoms with Crippen molar-refractivity contribution in [3.05, 3.63) is 0 Å². The van der Waals surface area contributed by atoms with E-state index in [9.17, 15) is 0 Å². The molecule has 0 aliphatic carbocycles. The number of likely N-dealkylation sites (N-methyl/N-ethyl adjacent to an activating group) is 2. The molecule has 26 heavy (non-hydrogen) atoms. The van der Waals surface area contributed by atoms with Gasteiger partial charge in [-0.05, 0) is 41.3 Å². The van der Waals surface area contributed by atoms with E-state index in [4.69, 9.17) is 9.47 Å². The minimum absolute atomic E-state index is 0.306. The third-order valence-corrected chi connectivity index (χ3v) is 5.66. The Morgan fingerprint density at radius 3 is 2.23 bits per heavy atom. The highest BCUT2D eigenvalue weighted by molar-refractivity contribution is 4.81. The Labute approximate surface area is 161 Å². The molecule has 0 bridgehead atoms. The Hall–Kier alpha value is -0.240. The van der Waals surface area contributed by atoms with Crippen molar-refractivity contribution in [3.8, 4) is 0 Å². The van der Waals surface area contributed by atoms with Gasteiger partial charge in [-0.1, -0.05) is 0 Å². The summed E-state index contributed by atoms with van der Waals surface area (Å²) in [5.74, 6) is 0. The Morgan fingerprint density at radius 1 is 0.846 bits per heavy atom. The molecule has 0 amide bonds. The van der Waals surface area contributed by atoms with E-state index in [0.717, 1.165) is 52.4 Å². The number of hydrogen-bond donors (Lipinski definition) is 0. The van der Waals surface area contributed by atoms with Crippen molar-refractivity contribution < 1.29 is 9.47 Å². The first-order valence-electron chi connectivity index (χ1n) is 10.5. The molecule has 2 saturated heterocycles. The molecule has 6 heteroatoms. The molecule has 0 aromatic carbocycles. The molecular formula is C20H42N4O2. The van der Waals surface area contributed by atoms with Crippen LogP contribution in [-0.2, 0) is 9.47 Å². The van der Waals surface area contributed by atoms with Gasteiger partial charge in [0.05, 0.1) is 25.4 Å². The van der Waals surface area contributed by atoms with Gasteiger partial charge in [0.25, 0.3) is 0 Å². The molecular weight excluding hydrogens is 328 g/mol. The van der Waals surface area contributed by atoms with Crippen molar-refractivity contribution in [2.24, 2.45) is 0 Å². The molecule has 0 N–H and O–H groups in total. The third-order valence-electron chi connectivity index (χ3n) is 5.66. The first-order valence-corrected chi connectivity index (χ1v) is 10.5. The van der Waals surface area contributed by atoms with E-state index in [0.29, 0.717) is 18.2 Å². The number of piperazine rings is 2. The molecule has 2 rings (SSSR count). The molecule has 0 spiro atoms. The Kier molecular flexibility index (Phi) is 9.81. The van der Waals surface area contributed by atoms with Gasteiger partial charge in [0, 0.05) is 64.9 Å². The van der Waals surface area contributed by atoms with E-state index in [1.807, 2.05) is 0 Å². The van der Waals surface area contributed by atoms with Crippen LogP contribution in [0, 0.1) is 0 Å². The zero-order valence-electron chi connectivity index (χ0n) is 17.8. The summed E-state index contributed by atoms with van der Waals surface area (Å²) in [7, 11) is 4.41. The minimum Gasteiger partial charge on any atom is -0.377 e. The van der Waals surface area contributed by atoms with Crippen molar-refractivity contribution in [2.75, 3.05) is 86.2 Å². The van der Waals surface area contributed by atoms with E-state index in [1.54, 1.807) is 0 Å². The Balaban J connectivity index is 1.62. The Morgan fingerprint density at radius 2 is 1.54 bits per heavy atom. The molecule has 0 radical (unpaired) electrons. The smallest absolute Gasteiger partial charge is 0.0637 e. The van der Waals surface area contributed by atoms with Crippen molar-refractivity contribution in [1.29, 1.82) is 0 Å². The Bertz CT molecular complexity index is 375. The van der Waals surface area contributed by atoms with Gasteiger partial charge < -0.3 is 19.3 Å². The van der Waals surface area contributed by atoms with E-state index in [2.05, 4.69) is 54.5 Å². The number of hydrogen-bond acceptors (Lipinski definition) is 6. The average Bonchev–Trinajstić information content (AvgIpc) is 2.60. The number of ether oxygens (including phenoxy) is 2. The number of nitrogens with zero attached hydrogens (tertiary/aromatic N) is 4. The molecule has 2 aliphatic rings. The van der Waals surface area contributed by atoms with Gasteiger partial charge in [-0.25, -0.2) is 0 Å². The maximum absolute atomic E-state index is 6.09. The normalized spacial score (nSPS) is 25.8. The van der Waals surface area contributed by atoms with Crippen LogP contribution in [0.4, 0.5) is 0 Å². The highest BCUT2D eigenvalue weighted by Gasteiger charge is 2.25. The molecule has 2 aliphatic heterocycles. The van der Waals surface area contributed by atoms with Crippen molar-refractivity contribution in [2.45, 2.75) is 45.4 Å². The highest BCUT2D eigenvalue weighted by Crippen LogP contribution is 2.12. The van der Waals surface area contributed by atoms with Crippen LogP contribution in [0.1, 0.15) is 27.2 Å². The minimum atomic E-state index is 0.306. The fourth-order valence-corrected chi connectivity index (χ4v) is 3.69. The summed E-state index contributed by atoms with van der Waals surface area (Å²) in [4.78, 5) is 9.94. The molecule has 2 heterocycles. The van der Waals surface area contributed by atoms with Crippen LogP contribution in [0.3, 0.4) is 0 Å². The molecule has 2 fully saturated rings. The standard InChI is InChI=1S/C20H42N4O2/c1-18(2)26-17-20-16-22(5)10-13-24(20)7-6-19(3)25-15-14-23-11-8-21(4)9-12-23/h18-20H,6-17H2,1-5H3. The third kappa shape index (κ3) is 8.19. The second kappa shape index (κ2) is 11.6. The lowest BCUT2D eigenvalue weighted by Crippen LogP contribution is -2.54. The highest BCUT2D eigenvalue weighted by atomic mass is 16.5. The van der Waals surface area contributed by atoms with Gasteiger partial charge in [-0.3, -0.25) is 9.80 Å². The SMILES string of the molecule is CC(C)OCC1CN(C)CCN1CCC(C)OCCN1CCN(C)CC1. The molecule has 2 atom stereocenters. The lowest BCUT2D eigenvalue weighted by molar-refractivity contribution is -0.0164. The fraction of sp³-hybridized carbons (Fsp3) is 1.00. The van der Waals surface area contributed by atoms with Gasteiger partial charge in [0.2, 0.25) is 0 Å². The summed E-state index contributed by atoms with van der Waals surface area (Å²) >= 11 is 0. The fourth-order valence-electron chi connectivity index (χ4n) is 3.69. The van der Waals surface area contributed by atoms with Gasteiger partial charge in [-0.2, -0.15) is 0 Å². The first kappa shape index (κ1) is 22.1. The van der Waals surface area contributed by atoms with E-state index < -0.39 is 0 Å². The first-order chi connectivity index (χ1) is 12.4. The van der Waals surface area contributed by atoms with Gasteiger partial charge >= 0.3 is 0 Å². The summed E-state index contributed by atoms with van der Waals surface area (Å²) in [5.41, 5.74) is 0. The van der Waals surface area contributed by atoms with Crippen LogP contribution in [0.25, 0.3) is 0 Å². The molecule has 2 unspecified atom stereocenters. The van der Waals surface area contributed by atoms with Crippen LogP contribution in [-0.4, -0.2) is 124 Å². The molecule has 0 saturated carbocycles. The number of rotatable bonds is 10. The average molecular weight is 371 g/mol. The molecule has 154 valence electrons. The largest absolute Gasteiger partial charge is 0.377 e. The van der Waals surface area contributed by atoms with Gasteiger partial charge in [0.1, 0.15) is 0 Å². The van der Waals surface area contributed by atoms with Gasteiger partial charge in [0.15, 0.2) is 0 Å². The van der Waals surface area contributed by atoms with Crippen molar-refractivity contribution >= 4 is 0 Å². The lowest BCUT2D eigenvalue weighted by atomic mass is 10.1. The summed E-state index contributed by atoms with van der Waals surface area (Å²) in [6, 6.07) is 0.508. The quantitative estimate of drug-likeness (QED) is 0.572. The van der Waals surface area contributed by atoms with Crippen LogP contribution in [0.15, 0.2) is 0 Å². The summed E-state index contributed by atoms with van der Waals surface area (Å²) in [5, 5.41) is 0. The molecule has 6 nitrogen and oxygen atoms in total. The second-order valence-corrected chi connectivity index (χ2v) is 8.45. The van der Waals surface area contributed by atoms with Crippen LogP contribution in [0.2, 0.25) is 0 Å². The van der Waals surface area contributed by atoms with Crippen molar-refractivity contribution in [3.63, 3.8) is 0 Å². The summed E-state index contributed by atoms with van der Waals surface area (Å²) in [6.07, 6.45) is 1.74. The monoisotopic (exact) mass is 370 g/mol. The maximum Gasteiger partial charge on any atom is 0.0637 e. The van der Waals surface area contributed by atoms with Crippen LogP contribution >= 0.6 is 0 Å². The van der Waals surface area contributed by atoms with E-state index in [-0.39, 0.29) is 0 Å². The molecule has 0 aromatic rings. The van der Waals surface area contributed by atoms with Crippen LogP contribution < -0.4 is 0 Å². The van der Waals surface area contributed by atoms with Gasteiger partial charge in [-0.15, -0.1) is 0 Å². The zero-order valence-corrected chi connectivity index (χ0v) is 17.8. The summed E-state index contributed by atoms with van der Waals surface area (Å²) in [6.45, 7) is 18.4. The predicted octanol–water partition coefficient (Wildman–Crippen LogP) is 1.07. The zero-order chi connectivity index (χ0) is 18.9. The maximum atomic E-state index is 6.09. The topological polar surface area (TPSA) is 31.4 Å². The summed E-state index contributed by atoms with van der Waals surface area (Å²) < 4.78 is 12.0. The molecule has 0 aromatic heterocycles.